The summed E-state index contributed by atoms with van der Waals surface area (Å²) in [5.74, 6) is 0.323. The zero-order valence-corrected chi connectivity index (χ0v) is 15.5. The predicted molar refractivity (Wildman–Crippen MR) is 106 cm³/mol. The van der Waals surface area contributed by atoms with Crippen LogP contribution in [0.2, 0.25) is 10.0 Å². The van der Waals surface area contributed by atoms with Crippen molar-refractivity contribution in [2.24, 2.45) is 0 Å². The van der Waals surface area contributed by atoms with E-state index in [4.69, 9.17) is 33.4 Å². The molecule has 26 heavy (non-hydrogen) atoms. The van der Waals surface area contributed by atoms with E-state index in [1.54, 1.807) is 30.5 Å². The normalized spacial score (nSPS) is 11.0. The number of nitrogens with two attached hydrogens (primary N) is 1. The van der Waals surface area contributed by atoms with E-state index in [-0.39, 0.29) is 5.91 Å². The SMILES string of the molecule is Nc1c(C(=O)Nc2ccc(Cl)c(Cl)c2)sc2nc(-c3ccco3)ccc12. The maximum Gasteiger partial charge on any atom is 0.267 e. The molecule has 0 spiro atoms. The number of benzene rings is 1. The number of fused-ring (bicyclic) bond motifs is 1. The van der Waals surface area contributed by atoms with E-state index in [0.29, 0.717) is 42.6 Å². The van der Waals surface area contributed by atoms with Crippen molar-refractivity contribution in [3.8, 4) is 11.5 Å². The molecule has 0 fully saturated rings. The fourth-order valence-electron chi connectivity index (χ4n) is 2.49. The summed E-state index contributed by atoms with van der Waals surface area (Å²) in [4.78, 5) is 18.2. The maximum absolute atomic E-state index is 12.6. The van der Waals surface area contributed by atoms with Crippen molar-refractivity contribution < 1.29 is 9.21 Å². The van der Waals surface area contributed by atoms with E-state index in [2.05, 4.69) is 10.3 Å². The van der Waals surface area contributed by atoms with Crippen LogP contribution in [0, 0.1) is 0 Å². The van der Waals surface area contributed by atoms with Crippen molar-refractivity contribution in [2.45, 2.75) is 0 Å². The van der Waals surface area contributed by atoms with Crippen LogP contribution >= 0.6 is 34.5 Å². The number of nitrogens with zero attached hydrogens (tertiary/aromatic N) is 1. The van der Waals surface area contributed by atoms with E-state index in [9.17, 15) is 4.79 Å². The zero-order valence-electron chi connectivity index (χ0n) is 13.1. The van der Waals surface area contributed by atoms with Gasteiger partial charge >= 0.3 is 0 Å². The second-order valence-corrected chi connectivity index (χ2v) is 7.27. The fourth-order valence-corrected chi connectivity index (χ4v) is 3.78. The van der Waals surface area contributed by atoms with E-state index in [0.717, 1.165) is 5.39 Å². The Balaban J connectivity index is 1.68. The lowest BCUT2D eigenvalue weighted by Gasteiger charge is -2.05. The lowest BCUT2D eigenvalue weighted by atomic mass is 10.2. The minimum atomic E-state index is -0.330. The number of anilines is 2. The van der Waals surface area contributed by atoms with Crippen LogP contribution in [-0.4, -0.2) is 10.9 Å². The molecule has 3 N–H and O–H groups in total. The van der Waals surface area contributed by atoms with Gasteiger partial charge in [0.25, 0.3) is 5.91 Å². The van der Waals surface area contributed by atoms with Gasteiger partial charge in [-0.2, -0.15) is 0 Å². The number of nitrogens with one attached hydrogen (secondary N) is 1. The first-order valence-corrected chi connectivity index (χ1v) is 9.09. The topological polar surface area (TPSA) is 81.2 Å². The highest BCUT2D eigenvalue weighted by molar-refractivity contribution is 7.21. The summed E-state index contributed by atoms with van der Waals surface area (Å²) < 4.78 is 5.36. The van der Waals surface area contributed by atoms with Crippen LogP contribution in [0.25, 0.3) is 21.7 Å². The Hall–Kier alpha value is -2.54. The van der Waals surface area contributed by atoms with Crippen LogP contribution in [0.3, 0.4) is 0 Å². The van der Waals surface area contributed by atoms with Crippen molar-refractivity contribution in [2.75, 3.05) is 11.1 Å². The van der Waals surface area contributed by atoms with Crippen molar-refractivity contribution in [3.05, 3.63) is 63.7 Å². The third-order valence-corrected chi connectivity index (χ3v) is 5.60. The maximum atomic E-state index is 12.6. The highest BCUT2D eigenvalue weighted by Gasteiger charge is 2.18. The molecular weight excluding hydrogens is 393 g/mol. The van der Waals surface area contributed by atoms with Gasteiger partial charge in [-0.15, -0.1) is 11.3 Å². The Morgan fingerprint density at radius 1 is 1.15 bits per heavy atom. The molecule has 0 aliphatic carbocycles. The first kappa shape index (κ1) is 16.9. The van der Waals surface area contributed by atoms with Gasteiger partial charge in [0, 0.05) is 11.1 Å². The summed E-state index contributed by atoms with van der Waals surface area (Å²) in [6.45, 7) is 0. The Kier molecular flexibility index (Phi) is 4.32. The van der Waals surface area contributed by atoms with E-state index in [1.165, 1.54) is 11.3 Å². The molecule has 0 radical (unpaired) electrons. The molecule has 0 aliphatic heterocycles. The molecule has 3 aromatic heterocycles. The molecule has 1 amide bonds. The second-order valence-electron chi connectivity index (χ2n) is 5.45. The Morgan fingerprint density at radius 3 is 2.73 bits per heavy atom. The molecule has 4 rings (SSSR count). The highest BCUT2D eigenvalue weighted by atomic mass is 35.5. The highest BCUT2D eigenvalue weighted by Crippen LogP contribution is 2.35. The monoisotopic (exact) mass is 403 g/mol. The third-order valence-electron chi connectivity index (χ3n) is 3.75. The average Bonchev–Trinajstić information content (AvgIpc) is 3.26. The minimum Gasteiger partial charge on any atom is -0.463 e. The molecule has 0 saturated heterocycles. The van der Waals surface area contributed by atoms with Gasteiger partial charge in [-0.25, -0.2) is 4.98 Å². The Bertz CT molecular complexity index is 1120. The standard InChI is InChI=1S/C18H11Cl2N3O2S/c19-11-5-3-9(8-12(11)20)22-17(24)16-15(21)10-4-6-13(23-18(10)26-16)14-2-1-7-25-14/h1-8H,21H2,(H,22,24). The van der Waals surface area contributed by atoms with E-state index in [1.807, 2.05) is 18.2 Å². The number of aromatic nitrogens is 1. The van der Waals surface area contributed by atoms with Gasteiger partial charge in [0.05, 0.1) is 22.0 Å². The number of hydrogen-bond acceptors (Lipinski definition) is 5. The number of carbonyl (C=O) groups excluding carboxylic acids is 1. The first-order chi connectivity index (χ1) is 12.5. The zero-order chi connectivity index (χ0) is 18.3. The van der Waals surface area contributed by atoms with Crippen molar-refractivity contribution in [1.29, 1.82) is 0 Å². The lowest BCUT2D eigenvalue weighted by molar-refractivity contribution is 0.103. The predicted octanol–water partition coefficient (Wildman–Crippen LogP) is 5.70. The van der Waals surface area contributed by atoms with Crippen LogP contribution in [-0.2, 0) is 0 Å². The first-order valence-electron chi connectivity index (χ1n) is 7.52. The van der Waals surface area contributed by atoms with Crippen molar-refractivity contribution in [1.82, 2.24) is 4.98 Å². The third kappa shape index (κ3) is 3.03. The quantitative estimate of drug-likeness (QED) is 0.459. The molecular formula is C18H11Cl2N3O2S. The van der Waals surface area contributed by atoms with Gasteiger partial charge in [-0.3, -0.25) is 4.79 Å². The molecule has 1 aromatic carbocycles. The van der Waals surface area contributed by atoms with Gasteiger partial charge in [0.15, 0.2) is 5.76 Å². The number of rotatable bonds is 3. The summed E-state index contributed by atoms with van der Waals surface area (Å²) in [5, 5.41) is 4.28. The Morgan fingerprint density at radius 2 is 2.00 bits per heavy atom. The van der Waals surface area contributed by atoms with Gasteiger partial charge in [0.2, 0.25) is 0 Å². The number of furan rings is 1. The van der Waals surface area contributed by atoms with Gasteiger partial charge in [-0.1, -0.05) is 23.2 Å². The molecule has 0 saturated carbocycles. The molecule has 0 aliphatic rings. The molecule has 4 aromatic rings. The fraction of sp³-hybridized carbons (Fsp3) is 0. The number of halogens is 2. The largest absolute Gasteiger partial charge is 0.463 e. The minimum absolute atomic E-state index is 0.330. The van der Waals surface area contributed by atoms with Gasteiger partial charge < -0.3 is 15.5 Å². The molecule has 8 heteroatoms. The molecule has 3 heterocycles. The van der Waals surface area contributed by atoms with E-state index >= 15 is 0 Å². The summed E-state index contributed by atoms with van der Waals surface area (Å²) in [5.41, 5.74) is 7.76. The molecule has 5 nitrogen and oxygen atoms in total. The summed E-state index contributed by atoms with van der Waals surface area (Å²) in [7, 11) is 0. The van der Waals surface area contributed by atoms with E-state index < -0.39 is 0 Å². The van der Waals surface area contributed by atoms with Gasteiger partial charge in [0.1, 0.15) is 15.4 Å². The average molecular weight is 404 g/mol. The number of carbonyl (C=O) groups is 1. The molecule has 0 unspecified atom stereocenters. The summed E-state index contributed by atoms with van der Waals surface area (Å²) in [6, 6.07) is 12.1. The van der Waals surface area contributed by atoms with Crippen LogP contribution < -0.4 is 11.1 Å². The van der Waals surface area contributed by atoms with Crippen molar-refractivity contribution >= 4 is 62.0 Å². The lowest BCUT2D eigenvalue weighted by Crippen LogP contribution is -2.11. The molecule has 130 valence electrons. The van der Waals surface area contributed by atoms with Crippen LogP contribution in [0.5, 0.6) is 0 Å². The van der Waals surface area contributed by atoms with Crippen molar-refractivity contribution in [3.63, 3.8) is 0 Å². The number of nitrogen functional groups attached to an aromatic ring is 1. The molecule has 0 atom stereocenters. The number of thiophene rings is 1. The van der Waals surface area contributed by atoms with Crippen LogP contribution in [0.15, 0.2) is 53.1 Å². The number of pyridine rings is 1. The Labute approximate surface area is 162 Å². The number of amides is 1. The molecule has 0 bridgehead atoms. The smallest absolute Gasteiger partial charge is 0.267 e. The number of hydrogen-bond donors (Lipinski definition) is 2. The summed E-state index contributed by atoms with van der Waals surface area (Å²) >= 11 is 13.1. The summed E-state index contributed by atoms with van der Waals surface area (Å²) in [6.07, 6.45) is 1.58. The van der Waals surface area contributed by atoms with Gasteiger partial charge in [-0.05, 0) is 42.5 Å². The van der Waals surface area contributed by atoms with Crippen LogP contribution in [0.1, 0.15) is 9.67 Å². The van der Waals surface area contributed by atoms with Crippen LogP contribution in [0.4, 0.5) is 11.4 Å². The second kappa shape index (κ2) is 6.64.